The molecule has 0 saturated carbocycles. The summed E-state index contributed by atoms with van der Waals surface area (Å²) in [6.45, 7) is 9.21. The predicted octanol–water partition coefficient (Wildman–Crippen LogP) is 5.14. The monoisotopic (exact) mass is 353 g/mol. The van der Waals surface area contributed by atoms with Gasteiger partial charge in [0.1, 0.15) is 0 Å². The highest BCUT2D eigenvalue weighted by Gasteiger charge is 2.06. The van der Waals surface area contributed by atoms with Crippen molar-refractivity contribution >= 4 is 17.7 Å². The molecule has 0 aromatic heterocycles. The number of hydrogen-bond acceptors (Lipinski definition) is 3. The number of anilines is 1. The summed E-state index contributed by atoms with van der Waals surface area (Å²) in [7, 11) is 0. The number of carbonyl (C=O) groups is 1. The molecule has 2 rings (SSSR count). The van der Waals surface area contributed by atoms with Gasteiger partial charge in [-0.15, -0.1) is 0 Å². The van der Waals surface area contributed by atoms with E-state index in [1.807, 2.05) is 57.2 Å². The van der Waals surface area contributed by atoms with E-state index >= 15 is 0 Å². The number of hydrogen-bond donors (Lipinski definition) is 1. The first-order chi connectivity index (χ1) is 12.5. The Morgan fingerprint density at radius 3 is 2.54 bits per heavy atom. The quantitative estimate of drug-likeness (QED) is 0.668. The van der Waals surface area contributed by atoms with Gasteiger partial charge >= 0.3 is 0 Å². The first-order valence-corrected chi connectivity index (χ1v) is 8.99. The van der Waals surface area contributed by atoms with Crippen molar-refractivity contribution in [3.63, 3.8) is 0 Å². The summed E-state index contributed by atoms with van der Waals surface area (Å²) < 4.78 is 11.3. The van der Waals surface area contributed by atoms with Crippen molar-refractivity contribution in [3.05, 3.63) is 59.2 Å². The topological polar surface area (TPSA) is 47.6 Å². The molecule has 0 radical (unpaired) electrons. The van der Waals surface area contributed by atoms with Crippen molar-refractivity contribution in [2.24, 2.45) is 0 Å². The lowest BCUT2D eigenvalue weighted by Gasteiger charge is -2.12. The van der Waals surface area contributed by atoms with Crippen LogP contribution >= 0.6 is 0 Å². The van der Waals surface area contributed by atoms with Crippen LogP contribution in [0.5, 0.6) is 11.5 Å². The zero-order valence-corrected chi connectivity index (χ0v) is 16.0. The Labute approximate surface area is 155 Å². The van der Waals surface area contributed by atoms with E-state index in [0.29, 0.717) is 19.0 Å². The second-order valence-electron chi connectivity index (χ2n) is 6.13. The number of benzene rings is 2. The van der Waals surface area contributed by atoms with Crippen LogP contribution < -0.4 is 14.8 Å². The molecular formula is C22H27NO3. The zero-order chi connectivity index (χ0) is 18.9. The molecule has 4 nitrogen and oxygen atoms in total. The number of ether oxygens (including phenoxy) is 2. The van der Waals surface area contributed by atoms with Gasteiger partial charge in [-0.2, -0.15) is 0 Å². The van der Waals surface area contributed by atoms with Crippen molar-refractivity contribution < 1.29 is 14.3 Å². The molecule has 138 valence electrons. The molecule has 2 aromatic rings. The lowest BCUT2D eigenvalue weighted by molar-refractivity contribution is -0.111. The molecule has 0 saturated heterocycles. The Morgan fingerprint density at radius 2 is 1.85 bits per heavy atom. The van der Waals surface area contributed by atoms with Crippen LogP contribution in [-0.2, 0) is 4.79 Å². The Hall–Kier alpha value is -2.75. The van der Waals surface area contributed by atoms with Crippen molar-refractivity contribution in [3.8, 4) is 11.5 Å². The highest BCUT2D eigenvalue weighted by molar-refractivity contribution is 6.02. The fourth-order valence-corrected chi connectivity index (χ4v) is 2.53. The number of aryl methyl sites for hydroxylation is 2. The lowest BCUT2D eigenvalue weighted by Crippen LogP contribution is -2.09. The minimum absolute atomic E-state index is 0.166. The van der Waals surface area contributed by atoms with Gasteiger partial charge in [0.2, 0.25) is 5.91 Å². The summed E-state index contributed by atoms with van der Waals surface area (Å²) in [4.78, 5) is 12.2. The van der Waals surface area contributed by atoms with Gasteiger partial charge in [-0.25, -0.2) is 0 Å². The van der Waals surface area contributed by atoms with E-state index in [-0.39, 0.29) is 5.91 Å². The maximum atomic E-state index is 12.2. The normalized spacial score (nSPS) is 10.8. The second-order valence-corrected chi connectivity index (χ2v) is 6.13. The maximum Gasteiger partial charge on any atom is 0.248 e. The molecule has 0 atom stereocenters. The Balaban J connectivity index is 2.08. The molecule has 4 heteroatoms. The first kappa shape index (κ1) is 19.6. The van der Waals surface area contributed by atoms with E-state index in [9.17, 15) is 4.79 Å². The summed E-state index contributed by atoms with van der Waals surface area (Å²) in [5, 5.41) is 2.91. The summed E-state index contributed by atoms with van der Waals surface area (Å²) >= 11 is 0. The van der Waals surface area contributed by atoms with E-state index in [0.717, 1.165) is 29.0 Å². The molecule has 0 fully saturated rings. The van der Waals surface area contributed by atoms with E-state index in [4.69, 9.17) is 9.47 Å². The van der Waals surface area contributed by atoms with Gasteiger partial charge in [0.05, 0.1) is 13.2 Å². The third-order valence-electron chi connectivity index (χ3n) is 3.80. The van der Waals surface area contributed by atoms with Gasteiger partial charge in [0, 0.05) is 11.8 Å². The van der Waals surface area contributed by atoms with Crippen LogP contribution in [0.4, 0.5) is 5.69 Å². The Bertz CT molecular complexity index is 781. The molecule has 0 aliphatic heterocycles. The van der Waals surface area contributed by atoms with Crippen LogP contribution in [-0.4, -0.2) is 19.1 Å². The molecule has 0 aliphatic rings. The molecule has 0 spiro atoms. The van der Waals surface area contributed by atoms with Gasteiger partial charge < -0.3 is 14.8 Å². The van der Waals surface area contributed by atoms with Crippen LogP contribution in [0.25, 0.3) is 6.08 Å². The molecule has 0 unspecified atom stereocenters. The van der Waals surface area contributed by atoms with Gasteiger partial charge in [-0.3, -0.25) is 4.79 Å². The van der Waals surface area contributed by atoms with E-state index < -0.39 is 0 Å². The fourth-order valence-electron chi connectivity index (χ4n) is 2.53. The SMILES string of the molecule is CCCOc1ccc(/C=C/C(=O)Nc2ccc(C)cc2C)cc1OCC. The number of rotatable bonds is 8. The van der Waals surface area contributed by atoms with Crippen molar-refractivity contribution in [1.29, 1.82) is 0 Å². The molecule has 0 aliphatic carbocycles. The second kappa shape index (κ2) is 9.66. The van der Waals surface area contributed by atoms with Gasteiger partial charge in [-0.1, -0.05) is 30.7 Å². The summed E-state index contributed by atoms with van der Waals surface area (Å²) in [5.41, 5.74) is 3.92. The first-order valence-electron chi connectivity index (χ1n) is 8.99. The highest BCUT2D eigenvalue weighted by atomic mass is 16.5. The molecule has 1 amide bonds. The molecule has 1 N–H and O–H groups in total. The van der Waals surface area contributed by atoms with Gasteiger partial charge in [-0.05, 0) is 62.6 Å². The van der Waals surface area contributed by atoms with Gasteiger partial charge in [0.25, 0.3) is 0 Å². The molecule has 26 heavy (non-hydrogen) atoms. The van der Waals surface area contributed by atoms with E-state index in [1.54, 1.807) is 6.08 Å². The Morgan fingerprint density at radius 1 is 1.04 bits per heavy atom. The van der Waals surface area contributed by atoms with E-state index in [2.05, 4.69) is 12.2 Å². The van der Waals surface area contributed by atoms with Crippen LogP contribution in [0.2, 0.25) is 0 Å². The average Bonchev–Trinajstić information content (AvgIpc) is 2.62. The van der Waals surface area contributed by atoms with Crippen molar-refractivity contribution in [2.45, 2.75) is 34.1 Å². The van der Waals surface area contributed by atoms with Crippen molar-refractivity contribution in [1.82, 2.24) is 0 Å². The average molecular weight is 353 g/mol. The smallest absolute Gasteiger partial charge is 0.248 e. The fraction of sp³-hybridized carbons (Fsp3) is 0.318. The molecular weight excluding hydrogens is 326 g/mol. The third-order valence-corrected chi connectivity index (χ3v) is 3.80. The minimum atomic E-state index is -0.166. The highest BCUT2D eigenvalue weighted by Crippen LogP contribution is 2.29. The van der Waals surface area contributed by atoms with Crippen LogP contribution in [0, 0.1) is 13.8 Å². The van der Waals surface area contributed by atoms with Crippen LogP contribution in [0.15, 0.2) is 42.5 Å². The predicted molar refractivity (Wildman–Crippen MR) is 107 cm³/mol. The number of carbonyl (C=O) groups excluding carboxylic acids is 1. The standard InChI is InChI=1S/C22H27NO3/c1-5-13-26-20-11-8-18(15-21(20)25-6-2)9-12-22(24)23-19-10-7-16(3)14-17(19)4/h7-12,14-15H,5-6,13H2,1-4H3,(H,23,24)/b12-9+. The van der Waals surface area contributed by atoms with Crippen molar-refractivity contribution in [2.75, 3.05) is 18.5 Å². The lowest BCUT2D eigenvalue weighted by atomic mass is 10.1. The van der Waals surface area contributed by atoms with E-state index in [1.165, 1.54) is 11.6 Å². The van der Waals surface area contributed by atoms with Gasteiger partial charge in [0.15, 0.2) is 11.5 Å². The largest absolute Gasteiger partial charge is 0.490 e. The molecule has 2 aromatic carbocycles. The van der Waals surface area contributed by atoms with Crippen LogP contribution in [0.3, 0.4) is 0 Å². The number of nitrogens with one attached hydrogen (secondary N) is 1. The number of amides is 1. The van der Waals surface area contributed by atoms with Crippen LogP contribution in [0.1, 0.15) is 37.0 Å². The Kier molecular flexibility index (Phi) is 7.27. The molecule has 0 heterocycles. The maximum absolute atomic E-state index is 12.2. The zero-order valence-electron chi connectivity index (χ0n) is 16.0. The third kappa shape index (κ3) is 5.66. The summed E-state index contributed by atoms with van der Waals surface area (Å²) in [6, 6.07) is 11.6. The summed E-state index contributed by atoms with van der Waals surface area (Å²) in [5.74, 6) is 1.25. The summed E-state index contributed by atoms with van der Waals surface area (Å²) in [6.07, 6.45) is 4.23. The molecule has 0 bridgehead atoms. The minimum Gasteiger partial charge on any atom is -0.490 e.